The van der Waals surface area contributed by atoms with Crippen LogP contribution in [-0.2, 0) is 0 Å². The molecule has 25 heavy (non-hydrogen) atoms. The van der Waals surface area contributed by atoms with Crippen LogP contribution < -0.4 is 10.1 Å². The summed E-state index contributed by atoms with van der Waals surface area (Å²) in [6.45, 7) is 1.90. The summed E-state index contributed by atoms with van der Waals surface area (Å²) in [6.07, 6.45) is 7.40. The maximum Gasteiger partial charge on any atom is 0.126 e. The smallest absolute Gasteiger partial charge is 0.126 e. The van der Waals surface area contributed by atoms with Gasteiger partial charge >= 0.3 is 0 Å². The molecule has 2 aliphatic carbocycles. The van der Waals surface area contributed by atoms with Gasteiger partial charge in [-0.25, -0.2) is 4.39 Å². The zero-order valence-corrected chi connectivity index (χ0v) is 15.2. The number of benzene rings is 1. The summed E-state index contributed by atoms with van der Waals surface area (Å²) in [5.41, 5.74) is 0. The Bertz CT molecular complexity index is 519. The van der Waals surface area contributed by atoms with Crippen LogP contribution in [0.2, 0.25) is 0 Å². The molecule has 4 nitrogen and oxygen atoms in total. The molecular formula is C20H31FN2O2. The maximum absolute atomic E-state index is 13.0. The average Bonchev–Trinajstić information content (AvgIpc) is 3.15. The Hall–Kier alpha value is -1.17. The summed E-state index contributed by atoms with van der Waals surface area (Å²) in [4.78, 5) is 2.45. The Kier molecular flexibility index (Phi) is 6.68. The molecule has 2 aliphatic rings. The molecule has 3 atom stereocenters. The summed E-state index contributed by atoms with van der Waals surface area (Å²) < 4.78 is 18.9. The van der Waals surface area contributed by atoms with Crippen molar-refractivity contribution in [3.8, 4) is 5.75 Å². The lowest BCUT2D eigenvalue weighted by Gasteiger charge is -2.36. The first kappa shape index (κ1) is 18.6. The fourth-order valence-electron chi connectivity index (χ4n) is 4.13. The van der Waals surface area contributed by atoms with E-state index in [-0.39, 0.29) is 18.0 Å². The Balaban J connectivity index is 1.44. The van der Waals surface area contributed by atoms with Crippen LogP contribution in [0.15, 0.2) is 24.3 Å². The van der Waals surface area contributed by atoms with E-state index in [1.165, 1.54) is 37.8 Å². The highest BCUT2D eigenvalue weighted by atomic mass is 19.1. The summed E-state index contributed by atoms with van der Waals surface area (Å²) in [6, 6.07) is 6.81. The highest BCUT2D eigenvalue weighted by molar-refractivity contribution is 5.22. The van der Waals surface area contributed by atoms with Crippen molar-refractivity contribution >= 4 is 0 Å². The SMILES string of the molecule is CN(CCN[C@H]1CCC[C@@H](Oc2ccc(F)cc2)[C@@H]1O)C1CCCC1. The summed E-state index contributed by atoms with van der Waals surface area (Å²) in [5, 5.41) is 14.2. The monoisotopic (exact) mass is 350 g/mol. The van der Waals surface area contributed by atoms with Crippen molar-refractivity contribution in [3.05, 3.63) is 30.1 Å². The number of hydrogen-bond donors (Lipinski definition) is 2. The zero-order chi connectivity index (χ0) is 17.6. The lowest BCUT2D eigenvalue weighted by atomic mass is 9.90. The second-order valence-electron chi connectivity index (χ2n) is 7.51. The van der Waals surface area contributed by atoms with Crippen LogP contribution in [0.5, 0.6) is 5.75 Å². The maximum atomic E-state index is 13.0. The molecule has 0 bridgehead atoms. The fraction of sp³-hybridized carbons (Fsp3) is 0.700. The summed E-state index contributed by atoms with van der Waals surface area (Å²) in [5.74, 6) is 0.342. The van der Waals surface area contributed by atoms with Crippen molar-refractivity contribution in [2.24, 2.45) is 0 Å². The van der Waals surface area contributed by atoms with Crippen molar-refractivity contribution in [2.75, 3.05) is 20.1 Å². The number of nitrogens with one attached hydrogen (secondary N) is 1. The molecule has 0 heterocycles. The molecule has 1 aromatic carbocycles. The van der Waals surface area contributed by atoms with E-state index in [1.807, 2.05) is 0 Å². The van der Waals surface area contributed by atoms with Gasteiger partial charge in [-0.2, -0.15) is 0 Å². The quantitative estimate of drug-likeness (QED) is 0.794. The minimum Gasteiger partial charge on any atom is -0.488 e. The lowest BCUT2D eigenvalue weighted by molar-refractivity contribution is -0.0157. The van der Waals surface area contributed by atoms with Crippen molar-refractivity contribution in [1.82, 2.24) is 10.2 Å². The van der Waals surface area contributed by atoms with Crippen molar-refractivity contribution in [2.45, 2.75) is 69.2 Å². The van der Waals surface area contributed by atoms with Gasteiger partial charge in [0.1, 0.15) is 23.8 Å². The number of ether oxygens (including phenoxy) is 1. The molecule has 0 unspecified atom stereocenters. The molecule has 0 aromatic heterocycles. The van der Waals surface area contributed by atoms with E-state index in [9.17, 15) is 9.50 Å². The number of aliphatic hydroxyl groups is 1. The standard InChI is InChI=1S/C20H31FN2O2/c1-23(16-5-2-3-6-16)14-13-22-18-7-4-8-19(20(18)24)25-17-11-9-15(21)10-12-17/h9-12,16,18-20,22,24H,2-8,13-14H2,1H3/t18-,19+,20+/m0/s1. The first-order valence-corrected chi connectivity index (χ1v) is 9.67. The Morgan fingerprint density at radius 2 is 1.84 bits per heavy atom. The van der Waals surface area contributed by atoms with Gasteiger partial charge in [0.05, 0.1) is 0 Å². The second-order valence-corrected chi connectivity index (χ2v) is 7.51. The predicted octanol–water partition coefficient (Wildman–Crippen LogP) is 2.95. The van der Waals surface area contributed by atoms with E-state index in [4.69, 9.17) is 4.74 Å². The average molecular weight is 350 g/mol. The van der Waals surface area contributed by atoms with Crippen molar-refractivity contribution < 1.29 is 14.2 Å². The first-order valence-electron chi connectivity index (χ1n) is 9.67. The minimum atomic E-state index is -0.532. The Labute approximate surface area is 150 Å². The van der Waals surface area contributed by atoms with Gasteiger partial charge in [0.15, 0.2) is 0 Å². The Morgan fingerprint density at radius 1 is 1.12 bits per heavy atom. The summed E-state index contributed by atoms with van der Waals surface area (Å²) >= 11 is 0. The van der Waals surface area contributed by atoms with Crippen LogP contribution >= 0.6 is 0 Å². The van der Waals surface area contributed by atoms with E-state index >= 15 is 0 Å². The molecule has 1 aromatic rings. The molecular weight excluding hydrogens is 319 g/mol. The number of halogens is 1. The van der Waals surface area contributed by atoms with Crippen LogP contribution in [0.4, 0.5) is 4.39 Å². The molecule has 5 heteroatoms. The summed E-state index contributed by atoms with van der Waals surface area (Å²) in [7, 11) is 2.20. The second kappa shape index (κ2) is 8.97. The number of nitrogens with zero attached hydrogens (tertiary/aromatic N) is 1. The van der Waals surface area contributed by atoms with Crippen LogP contribution in [0.25, 0.3) is 0 Å². The fourth-order valence-corrected chi connectivity index (χ4v) is 4.13. The van der Waals surface area contributed by atoms with Crippen LogP contribution in [-0.4, -0.2) is 54.4 Å². The molecule has 0 radical (unpaired) electrons. The van der Waals surface area contributed by atoms with E-state index in [0.29, 0.717) is 5.75 Å². The third kappa shape index (κ3) is 5.16. The molecule has 3 rings (SSSR count). The van der Waals surface area contributed by atoms with Crippen molar-refractivity contribution in [1.29, 1.82) is 0 Å². The molecule has 2 saturated carbocycles. The van der Waals surface area contributed by atoms with E-state index in [0.717, 1.165) is 38.4 Å². The normalized spacial score (nSPS) is 27.8. The van der Waals surface area contributed by atoms with E-state index in [2.05, 4.69) is 17.3 Å². The lowest BCUT2D eigenvalue weighted by Crippen LogP contribution is -2.52. The number of hydrogen-bond acceptors (Lipinski definition) is 4. The number of aliphatic hydroxyl groups excluding tert-OH is 1. The molecule has 0 aliphatic heterocycles. The molecule has 2 fully saturated rings. The van der Waals surface area contributed by atoms with Crippen molar-refractivity contribution in [3.63, 3.8) is 0 Å². The topological polar surface area (TPSA) is 44.7 Å². The van der Waals surface area contributed by atoms with Crippen LogP contribution in [0.3, 0.4) is 0 Å². The Morgan fingerprint density at radius 3 is 2.56 bits per heavy atom. The van der Waals surface area contributed by atoms with Gasteiger partial charge in [0.2, 0.25) is 0 Å². The van der Waals surface area contributed by atoms with Crippen LogP contribution in [0.1, 0.15) is 44.9 Å². The molecule has 140 valence electrons. The highest BCUT2D eigenvalue weighted by Gasteiger charge is 2.33. The molecule has 0 saturated heterocycles. The zero-order valence-electron chi connectivity index (χ0n) is 15.2. The highest BCUT2D eigenvalue weighted by Crippen LogP contribution is 2.25. The third-order valence-corrected chi connectivity index (χ3v) is 5.72. The van der Waals surface area contributed by atoms with Gasteiger partial charge in [-0.15, -0.1) is 0 Å². The minimum absolute atomic E-state index is 0.0659. The largest absolute Gasteiger partial charge is 0.488 e. The van der Waals surface area contributed by atoms with Gasteiger partial charge in [-0.05, 0) is 63.4 Å². The molecule has 0 spiro atoms. The molecule has 2 N–H and O–H groups in total. The predicted molar refractivity (Wildman–Crippen MR) is 97.4 cm³/mol. The van der Waals surface area contributed by atoms with E-state index < -0.39 is 6.10 Å². The number of likely N-dealkylation sites (N-methyl/N-ethyl adjacent to an activating group) is 1. The molecule has 0 amide bonds. The van der Waals surface area contributed by atoms with Gasteiger partial charge < -0.3 is 20.1 Å². The first-order chi connectivity index (χ1) is 12.1. The van der Waals surface area contributed by atoms with Gasteiger partial charge in [-0.1, -0.05) is 12.8 Å². The number of rotatable bonds is 7. The van der Waals surface area contributed by atoms with Gasteiger partial charge in [0.25, 0.3) is 0 Å². The van der Waals surface area contributed by atoms with Crippen LogP contribution in [0, 0.1) is 5.82 Å². The third-order valence-electron chi connectivity index (χ3n) is 5.72. The van der Waals surface area contributed by atoms with Gasteiger partial charge in [0, 0.05) is 25.2 Å². The van der Waals surface area contributed by atoms with Gasteiger partial charge in [-0.3, -0.25) is 0 Å². The van der Waals surface area contributed by atoms with E-state index in [1.54, 1.807) is 12.1 Å².